The minimum absolute atomic E-state index is 0.599. The lowest BCUT2D eigenvalue weighted by molar-refractivity contribution is 1.21. The van der Waals surface area contributed by atoms with E-state index in [0.717, 1.165) is 6.42 Å². The van der Waals surface area contributed by atoms with E-state index in [1.807, 2.05) is 12.2 Å². The summed E-state index contributed by atoms with van der Waals surface area (Å²) >= 11 is 5.44. The van der Waals surface area contributed by atoms with Crippen LogP contribution in [0.2, 0.25) is 0 Å². The Labute approximate surface area is 67.9 Å². The molecule has 0 aromatic heterocycles. The fourth-order valence-electron chi connectivity index (χ4n) is 0.601. The maximum Gasteiger partial charge on any atom is 0.0404 e. The first kappa shape index (κ1) is 9.51. The van der Waals surface area contributed by atoms with E-state index < -0.39 is 0 Å². The highest BCUT2D eigenvalue weighted by atomic mass is 35.5. The maximum absolute atomic E-state index is 5.44. The van der Waals surface area contributed by atoms with Gasteiger partial charge in [-0.1, -0.05) is 36.5 Å². The number of hydrogen-bond acceptors (Lipinski definition) is 0. The van der Waals surface area contributed by atoms with Crippen LogP contribution in [0.25, 0.3) is 0 Å². The lowest BCUT2D eigenvalue weighted by Crippen LogP contribution is -1.70. The molecule has 0 N–H and O–H groups in total. The summed E-state index contributed by atoms with van der Waals surface area (Å²) in [5.74, 6) is 0.599. The molecule has 0 nitrogen and oxygen atoms in total. The predicted octanol–water partition coefficient (Wildman–Crippen LogP) is 3.30. The average Bonchev–Trinajstić information content (AvgIpc) is 1.89. The molecule has 0 bridgehead atoms. The third kappa shape index (κ3) is 5.64. The summed E-state index contributed by atoms with van der Waals surface area (Å²) in [7, 11) is 0. The second-order valence-electron chi connectivity index (χ2n) is 2.08. The Bertz CT molecular complexity index is 143. The van der Waals surface area contributed by atoms with Crippen LogP contribution in [0.1, 0.15) is 13.3 Å². The van der Waals surface area contributed by atoms with Crippen molar-refractivity contribution in [1.29, 1.82) is 0 Å². The van der Waals surface area contributed by atoms with Gasteiger partial charge >= 0.3 is 0 Å². The fourth-order valence-corrected chi connectivity index (χ4v) is 0.727. The zero-order chi connectivity index (χ0) is 7.82. The molecule has 0 rings (SSSR count). The SMILES string of the molecule is C=C/C=C(/C)C/C=C\CCl. The minimum Gasteiger partial charge on any atom is -0.122 e. The summed E-state index contributed by atoms with van der Waals surface area (Å²) in [4.78, 5) is 0. The van der Waals surface area contributed by atoms with Crippen LogP contribution in [0.5, 0.6) is 0 Å². The van der Waals surface area contributed by atoms with Gasteiger partial charge in [-0.05, 0) is 13.3 Å². The van der Waals surface area contributed by atoms with Gasteiger partial charge in [-0.2, -0.15) is 0 Å². The van der Waals surface area contributed by atoms with Crippen molar-refractivity contribution >= 4 is 11.6 Å². The molecule has 0 saturated carbocycles. The first-order valence-corrected chi connectivity index (χ1v) is 3.84. The van der Waals surface area contributed by atoms with Crippen LogP contribution >= 0.6 is 11.6 Å². The molecule has 0 atom stereocenters. The molecule has 0 heterocycles. The van der Waals surface area contributed by atoms with Crippen LogP contribution in [-0.4, -0.2) is 5.88 Å². The van der Waals surface area contributed by atoms with Crippen molar-refractivity contribution in [1.82, 2.24) is 0 Å². The molecule has 0 aromatic carbocycles. The van der Waals surface area contributed by atoms with Crippen molar-refractivity contribution in [3.8, 4) is 0 Å². The van der Waals surface area contributed by atoms with Crippen molar-refractivity contribution < 1.29 is 0 Å². The monoisotopic (exact) mass is 156 g/mol. The molecule has 0 unspecified atom stereocenters. The molecule has 10 heavy (non-hydrogen) atoms. The number of rotatable bonds is 4. The third-order valence-electron chi connectivity index (χ3n) is 1.10. The largest absolute Gasteiger partial charge is 0.122 e. The summed E-state index contributed by atoms with van der Waals surface area (Å²) in [5.41, 5.74) is 1.30. The van der Waals surface area contributed by atoms with Crippen molar-refractivity contribution in [3.05, 3.63) is 36.5 Å². The molecule has 0 saturated heterocycles. The van der Waals surface area contributed by atoms with E-state index in [1.54, 1.807) is 6.08 Å². The van der Waals surface area contributed by atoms with Gasteiger partial charge in [0.2, 0.25) is 0 Å². The molecule has 0 aliphatic heterocycles. The second-order valence-corrected chi connectivity index (χ2v) is 2.39. The normalized spacial score (nSPS) is 12.4. The molecular formula is C9H13Cl. The topological polar surface area (TPSA) is 0 Å². The maximum atomic E-state index is 5.44. The van der Waals surface area contributed by atoms with Crippen LogP contribution in [0, 0.1) is 0 Å². The van der Waals surface area contributed by atoms with E-state index in [-0.39, 0.29) is 0 Å². The van der Waals surface area contributed by atoms with Gasteiger partial charge in [-0.25, -0.2) is 0 Å². The van der Waals surface area contributed by atoms with Gasteiger partial charge in [-0.3, -0.25) is 0 Å². The lowest BCUT2D eigenvalue weighted by atomic mass is 10.2. The molecule has 0 aromatic rings. The van der Waals surface area contributed by atoms with Crippen LogP contribution in [0.4, 0.5) is 0 Å². The van der Waals surface area contributed by atoms with Gasteiger partial charge < -0.3 is 0 Å². The quantitative estimate of drug-likeness (QED) is 0.333. The van der Waals surface area contributed by atoms with Gasteiger partial charge in [-0.15, -0.1) is 11.6 Å². The van der Waals surface area contributed by atoms with Gasteiger partial charge in [0, 0.05) is 5.88 Å². The number of alkyl halides is 1. The Morgan fingerprint density at radius 2 is 2.20 bits per heavy atom. The average molecular weight is 157 g/mol. The Morgan fingerprint density at radius 3 is 2.70 bits per heavy atom. The lowest BCUT2D eigenvalue weighted by Gasteiger charge is -1.90. The second kappa shape index (κ2) is 6.63. The van der Waals surface area contributed by atoms with Crippen molar-refractivity contribution in [2.45, 2.75) is 13.3 Å². The van der Waals surface area contributed by atoms with Crippen molar-refractivity contribution in [2.24, 2.45) is 0 Å². The van der Waals surface area contributed by atoms with Crippen molar-refractivity contribution in [2.75, 3.05) is 5.88 Å². The predicted molar refractivity (Wildman–Crippen MR) is 48.4 cm³/mol. The standard InChI is InChI=1S/C9H13Cl/c1-3-6-9(2)7-4-5-8-10/h3-6H,1,7-8H2,2H3/b5-4-,9-6-. The van der Waals surface area contributed by atoms with Crippen LogP contribution in [0.15, 0.2) is 36.5 Å². The Morgan fingerprint density at radius 1 is 1.50 bits per heavy atom. The third-order valence-corrected chi connectivity index (χ3v) is 1.28. The van der Waals surface area contributed by atoms with E-state index in [0.29, 0.717) is 5.88 Å². The number of allylic oxidation sites excluding steroid dienone is 5. The van der Waals surface area contributed by atoms with Crippen molar-refractivity contribution in [3.63, 3.8) is 0 Å². The Hall–Kier alpha value is -0.490. The van der Waals surface area contributed by atoms with Crippen LogP contribution < -0.4 is 0 Å². The van der Waals surface area contributed by atoms with Gasteiger partial charge in [0.25, 0.3) is 0 Å². The molecule has 0 radical (unpaired) electrons. The smallest absolute Gasteiger partial charge is 0.0404 e. The van der Waals surface area contributed by atoms with E-state index in [4.69, 9.17) is 11.6 Å². The molecule has 1 heteroatoms. The first-order chi connectivity index (χ1) is 4.81. The van der Waals surface area contributed by atoms with E-state index in [9.17, 15) is 0 Å². The molecule has 0 aliphatic rings. The zero-order valence-electron chi connectivity index (χ0n) is 6.31. The summed E-state index contributed by atoms with van der Waals surface area (Å²) in [6.45, 7) is 5.67. The number of halogens is 1. The minimum atomic E-state index is 0.599. The first-order valence-electron chi connectivity index (χ1n) is 3.30. The highest BCUT2D eigenvalue weighted by Gasteiger charge is 1.80. The summed E-state index contributed by atoms with van der Waals surface area (Å²) in [6.07, 6.45) is 8.77. The molecule has 0 aliphatic carbocycles. The highest BCUT2D eigenvalue weighted by molar-refractivity contribution is 6.18. The summed E-state index contributed by atoms with van der Waals surface area (Å²) < 4.78 is 0. The van der Waals surface area contributed by atoms with Gasteiger partial charge in [0.1, 0.15) is 0 Å². The van der Waals surface area contributed by atoms with E-state index >= 15 is 0 Å². The van der Waals surface area contributed by atoms with E-state index in [2.05, 4.69) is 19.6 Å². The van der Waals surface area contributed by atoms with Gasteiger partial charge in [0.15, 0.2) is 0 Å². The fraction of sp³-hybridized carbons (Fsp3) is 0.333. The summed E-state index contributed by atoms with van der Waals surface area (Å²) in [5, 5.41) is 0. The van der Waals surface area contributed by atoms with Gasteiger partial charge in [0.05, 0.1) is 0 Å². The Kier molecular flexibility index (Phi) is 6.30. The summed E-state index contributed by atoms with van der Waals surface area (Å²) in [6, 6.07) is 0. The molecule has 0 fully saturated rings. The highest BCUT2D eigenvalue weighted by Crippen LogP contribution is 2.00. The molecule has 56 valence electrons. The molecular weight excluding hydrogens is 144 g/mol. The molecule has 0 spiro atoms. The molecule has 0 amide bonds. The van der Waals surface area contributed by atoms with E-state index in [1.165, 1.54) is 5.57 Å². The van der Waals surface area contributed by atoms with Crippen LogP contribution in [0.3, 0.4) is 0 Å². The number of hydrogen-bond donors (Lipinski definition) is 0. The Balaban J connectivity index is 3.57. The van der Waals surface area contributed by atoms with Crippen LogP contribution in [-0.2, 0) is 0 Å². The zero-order valence-corrected chi connectivity index (χ0v) is 7.06.